The molecule has 4 heteroatoms. The van der Waals surface area contributed by atoms with Crippen LogP contribution in [0, 0.1) is 11.3 Å². The van der Waals surface area contributed by atoms with Gasteiger partial charge in [0.25, 0.3) is 5.91 Å². The van der Waals surface area contributed by atoms with Crippen molar-refractivity contribution in [3.05, 3.63) is 29.8 Å². The first-order chi connectivity index (χ1) is 7.60. The zero-order valence-corrected chi connectivity index (χ0v) is 9.60. The summed E-state index contributed by atoms with van der Waals surface area (Å²) >= 11 is 0. The van der Waals surface area contributed by atoms with E-state index in [1.54, 1.807) is 38.2 Å². The minimum absolute atomic E-state index is 0.118. The topological polar surface area (TPSA) is 53.3 Å². The maximum atomic E-state index is 11.8. The fraction of sp³-hybridized carbons (Fsp3) is 0.333. The van der Waals surface area contributed by atoms with Gasteiger partial charge in [0.15, 0.2) is 0 Å². The molecule has 16 heavy (non-hydrogen) atoms. The number of methoxy groups -OCH3 is 1. The molecule has 0 heterocycles. The SMILES string of the molecule is COC(C)C(=O)N(C)c1ccc(C#N)cc1. The lowest BCUT2D eigenvalue weighted by Crippen LogP contribution is -2.35. The summed E-state index contributed by atoms with van der Waals surface area (Å²) in [5, 5.41) is 8.65. The second-order valence-electron chi connectivity index (χ2n) is 3.43. The number of anilines is 1. The molecule has 84 valence electrons. The van der Waals surface area contributed by atoms with Crippen molar-refractivity contribution in [1.82, 2.24) is 0 Å². The quantitative estimate of drug-likeness (QED) is 0.773. The molecule has 0 fully saturated rings. The number of carbonyl (C=O) groups is 1. The molecule has 0 aromatic heterocycles. The van der Waals surface area contributed by atoms with Crippen LogP contribution in [0.25, 0.3) is 0 Å². The van der Waals surface area contributed by atoms with Gasteiger partial charge in [0.2, 0.25) is 0 Å². The Kier molecular flexibility index (Phi) is 4.03. The second kappa shape index (κ2) is 5.29. The van der Waals surface area contributed by atoms with E-state index in [9.17, 15) is 4.79 Å². The van der Waals surface area contributed by atoms with Crippen LogP contribution in [-0.2, 0) is 9.53 Å². The van der Waals surface area contributed by atoms with Crippen molar-refractivity contribution in [3.8, 4) is 6.07 Å². The number of nitrogens with zero attached hydrogens (tertiary/aromatic N) is 2. The van der Waals surface area contributed by atoms with Gasteiger partial charge < -0.3 is 9.64 Å². The lowest BCUT2D eigenvalue weighted by atomic mass is 10.2. The van der Waals surface area contributed by atoms with Gasteiger partial charge in [-0.3, -0.25) is 4.79 Å². The number of likely N-dealkylation sites (N-methyl/N-ethyl adjacent to an activating group) is 1. The first kappa shape index (κ1) is 12.2. The van der Waals surface area contributed by atoms with Crippen molar-refractivity contribution in [1.29, 1.82) is 5.26 Å². The van der Waals surface area contributed by atoms with Gasteiger partial charge >= 0.3 is 0 Å². The lowest BCUT2D eigenvalue weighted by Gasteiger charge is -2.20. The molecule has 0 N–H and O–H groups in total. The summed E-state index contributed by atoms with van der Waals surface area (Å²) in [6.07, 6.45) is -0.472. The van der Waals surface area contributed by atoms with Crippen LogP contribution in [0.5, 0.6) is 0 Å². The molecule has 0 spiro atoms. The van der Waals surface area contributed by atoms with Crippen LogP contribution in [0.4, 0.5) is 5.69 Å². The van der Waals surface area contributed by atoms with Crippen molar-refractivity contribution in [3.63, 3.8) is 0 Å². The summed E-state index contributed by atoms with van der Waals surface area (Å²) in [7, 11) is 3.18. The number of benzene rings is 1. The first-order valence-corrected chi connectivity index (χ1v) is 4.90. The smallest absolute Gasteiger partial charge is 0.255 e. The third kappa shape index (κ3) is 2.59. The summed E-state index contributed by atoms with van der Waals surface area (Å²) in [6, 6.07) is 8.85. The van der Waals surface area contributed by atoms with Crippen LogP contribution in [0.15, 0.2) is 24.3 Å². The van der Waals surface area contributed by atoms with Crippen LogP contribution in [0.3, 0.4) is 0 Å². The van der Waals surface area contributed by atoms with E-state index in [0.29, 0.717) is 5.56 Å². The summed E-state index contributed by atoms with van der Waals surface area (Å²) in [5.41, 5.74) is 1.32. The zero-order chi connectivity index (χ0) is 12.1. The van der Waals surface area contributed by atoms with Crippen molar-refractivity contribution in [2.75, 3.05) is 19.1 Å². The minimum Gasteiger partial charge on any atom is -0.372 e. The molecule has 1 unspecified atom stereocenters. The number of nitriles is 1. The third-order valence-electron chi connectivity index (χ3n) is 2.42. The highest BCUT2D eigenvalue weighted by molar-refractivity contribution is 5.95. The maximum absolute atomic E-state index is 11.8. The number of hydrogen-bond acceptors (Lipinski definition) is 3. The van der Waals surface area contributed by atoms with Crippen LogP contribution < -0.4 is 4.90 Å². The van der Waals surface area contributed by atoms with E-state index < -0.39 is 6.10 Å². The molecule has 1 amide bonds. The van der Waals surface area contributed by atoms with Crippen molar-refractivity contribution < 1.29 is 9.53 Å². The van der Waals surface area contributed by atoms with Crippen molar-refractivity contribution in [2.24, 2.45) is 0 Å². The molecule has 0 saturated heterocycles. The fourth-order valence-corrected chi connectivity index (χ4v) is 1.26. The number of rotatable bonds is 3. The first-order valence-electron chi connectivity index (χ1n) is 4.90. The van der Waals surface area contributed by atoms with E-state index in [1.165, 1.54) is 12.0 Å². The normalized spacial score (nSPS) is 11.6. The molecule has 0 aliphatic carbocycles. The van der Waals surface area contributed by atoms with Gasteiger partial charge in [0.05, 0.1) is 11.6 Å². The molecule has 1 rings (SSSR count). The van der Waals surface area contributed by atoms with E-state index >= 15 is 0 Å². The van der Waals surface area contributed by atoms with Gasteiger partial charge in [-0.2, -0.15) is 5.26 Å². The van der Waals surface area contributed by atoms with Crippen molar-refractivity contribution >= 4 is 11.6 Å². The molecule has 1 aromatic carbocycles. The van der Waals surface area contributed by atoms with Crippen molar-refractivity contribution in [2.45, 2.75) is 13.0 Å². The number of amides is 1. The lowest BCUT2D eigenvalue weighted by molar-refractivity contribution is -0.127. The summed E-state index contributed by atoms with van der Waals surface area (Å²) in [6.45, 7) is 1.70. The number of hydrogen-bond donors (Lipinski definition) is 0. The molecular formula is C12H14N2O2. The van der Waals surface area contributed by atoms with E-state index in [2.05, 4.69) is 0 Å². The Morgan fingerprint density at radius 3 is 2.44 bits per heavy atom. The predicted molar refractivity (Wildman–Crippen MR) is 61.0 cm³/mol. The van der Waals surface area contributed by atoms with Crippen LogP contribution in [0.1, 0.15) is 12.5 Å². The monoisotopic (exact) mass is 218 g/mol. The average molecular weight is 218 g/mol. The summed E-state index contributed by atoms with van der Waals surface area (Å²) < 4.78 is 4.96. The molecule has 0 bridgehead atoms. The Hall–Kier alpha value is -1.86. The van der Waals surface area contributed by atoms with E-state index in [4.69, 9.17) is 10.00 Å². The molecule has 1 atom stereocenters. The summed E-state index contributed by atoms with van der Waals surface area (Å²) in [5.74, 6) is -0.118. The van der Waals surface area contributed by atoms with Crippen LogP contribution in [0.2, 0.25) is 0 Å². The minimum atomic E-state index is -0.472. The largest absolute Gasteiger partial charge is 0.372 e. The summed E-state index contributed by atoms with van der Waals surface area (Å²) in [4.78, 5) is 13.3. The highest BCUT2D eigenvalue weighted by Gasteiger charge is 2.17. The number of ether oxygens (including phenoxy) is 1. The number of carbonyl (C=O) groups excluding carboxylic acids is 1. The Morgan fingerprint density at radius 2 is 2.00 bits per heavy atom. The Morgan fingerprint density at radius 1 is 1.44 bits per heavy atom. The highest BCUT2D eigenvalue weighted by Crippen LogP contribution is 2.14. The molecular weight excluding hydrogens is 204 g/mol. The standard InChI is InChI=1S/C12H14N2O2/c1-9(16-3)12(15)14(2)11-6-4-10(8-13)5-7-11/h4-7,9H,1-3H3. The third-order valence-corrected chi connectivity index (χ3v) is 2.42. The van der Waals surface area contributed by atoms with Gasteiger partial charge in [-0.05, 0) is 31.2 Å². The molecule has 0 aliphatic rings. The Bertz CT molecular complexity index is 406. The van der Waals surface area contributed by atoms with E-state index in [1.807, 2.05) is 6.07 Å². The van der Waals surface area contributed by atoms with Crippen LogP contribution in [-0.4, -0.2) is 26.2 Å². The maximum Gasteiger partial charge on any atom is 0.255 e. The highest BCUT2D eigenvalue weighted by atomic mass is 16.5. The van der Waals surface area contributed by atoms with E-state index in [0.717, 1.165) is 5.69 Å². The second-order valence-corrected chi connectivity index (χ2v) is 3.43. The van der Waals surface area contributed by atoms with Gasteiger partial charge in [-0.25, -0.2) is 0 Å². The fourth-order valence-electron chi connectivity index (χ4n) is 1.26. The van der Waals surface area contributed by atoms with Gasteiger partial charge in [-0.15, -0.1) is 0 Å². The Balaban J connectivity index is 2.84. The molecule has 1 aromatic rings. The molecule has 4 nitrogen and oxygen atoms in total. The molecule has 0 radical (unpaired) electrons. The average Bonchev–Trinajstić information content (AvgIpc) is 2.36. The van der Waals surface area contributed by atoms with Crippen LogP contribution >= 0.6 is 0 Å². The van der Waals surface area contributed by atoms with Gasteiger partial charge in [0, 0.05) is 19.8 Å². The zero-order valence-electron chi connectivity index (χ0n) is 9.60. The van der Waals surface area contributed by atoms with Gasteiger partial charge in [0.1, 0.15) is 6.10 Å². The predicted octanol–water partition coefficient (Wildman–Crippen LogP) is 1.56. The van der Waals surface area contributed by atoms with E-state index in [-0.39, 0.29) is 5.91 Å². The molecule has 0 saturated carbocycles. The van der Waals surface area contributed by atoms with Gasteiger partial charge in [-0.1, -0.05) is 0 Å². The Labute approximate surface area is 95.0 Å². The molecule has 0 aliphatic heterocycles.